The normalized spacial score (nSPS) is 10.1. The Kier molecular flexibility index (Phi) is 7.43. The number of nitrogens with zero attached hydrogens (tertiary/aromatic N) is 1. The lowest BCUT2D eigenvalue weighted by molar-refractivity contribution is -0.131. The van der Waals surface area contributed by atoms with Crippen LogP contribution in [-0.4, -0.2) is 42.2 Å². The molecule has 0 aliphatic rings. The summed E-state index contributed by atoms with van der Waals surface area (Å²) in [5.74, 6) is 0.841. The molecule has 4 heteroatoms. The van der Waals surface area contributed by atoms with Gasteiger partial charge in [0.05, 0.1) is 13.2 Å². The zero-order valence-corrected chi connectivity index (χ0v) is 12.0. The molecule has 0 atom stereocenters. The highest BCUT2D eigenvalue weighted by atomic mass is 16.5. The number of aryl methyl sites for hydroxylation is 1. The Morgan fingerprint density at radius 2 is 2.10 bits per heavy atom. The highest BCUT2D eigenvalue weighted by molar-refractivity contribution is 5.76. The van der Waals surface area contributed by atoms with Gasteiger partial charge in [-0.1, -0.05) is 23.8 Å². The third-order valence-corrected chi connectivity index (χ3v) is 2.90. The highest BCUT2D eigenvalue weighted by Gasteiger charge is 2.10. The van der Waals surface area contributed by atoms with Gasteiger partial charge in [0.15, 0.2) is 0 Å². The molecule has 4 nitrogen and oxygen atoms in total. The van der Waals surface area contributed by atoms with Gasteiger partial charge in [0.1, 0.15) is 5.75 Å². The fourth-order valence-electron chi connectivity index (χ4n) is 1.80. The van der Waals surface area contributed by atoms with Crippen LogP contribution >= 0.6 is 0 Å². The van der Waals surface area contributed by atoms with Crippen LogP contribution in [0.5, 0.6) is 5.75 Å². The molecule has 0 bridgehead atoms. The van der Waals surface area contributed by atoms with E-state index in [4.69, 9.17) is 9.84 Å². The zero-order chi connectivity index (χ0) is 14.8. The summed E-state index contributed by atoms with van der Waals surface area (Å²) in [6, 6.07) is 7.83. The van der Waals surface area contributed by atoms with Gasteiger partial charge in [-0.2, -0.15) is 0 Å². The number of hydrogen-bond donors (Lipinski definition) is 1. The number of hydrogen-bond acceptors (Lipinski definition) is 3. The first-order valence-corrected chi connectivity index (χ1v) is 6.86. The second kappa shape index (κ2) is 9.15. The maximum atomic E-state index is 11.9. The van der Waals surface area contributed by atoms with Crippen LogP contribution in [0.25, 0.3) is 0 Å². The number of rotatable bonds is 9. The fourth-order valence-corrected chi connectivity index (χ4v) is 1.80. The number of benzene rings is 1. The molecular formula is C16H23NO3. The SMILES string of the molecule is C=CCN(CCO)C(=O)CCCOc1ccc(C)cc1. The first kappa shape index (κ1) is 16.2. The molecule has 0 fully saturated rings. The summed E-state index contributed by atoms with van der Waals surface area (Å²) in [6.45, 7) is 6.94. The summed E-state index contributed by atoms with van der Waals surface area (Å²) in [7, 11) is 0. The van der Waals surface area contributed by atoms with Gasteiger partial charge in [0, 0.05) is 19.5 Å². The molecule has 0 saturated carbocycles. The smallest absolute Gasteiger partial charge is 0.223 e. The summed E-state index contributed by atoms with van der Waals surface area (Å²) in [6.07, 6.45) is 2.74. The van der Waals surface area contributed by atoms with Gasteiger partial charge in [-0.3, -0.25) is 4.79 Å². The third kappa shape index (κ3) is 5.89. The lowest BCUT2D eigenvalue weighted by Crippen LogP contribution is -2.33. The van der Waals surface area contributed by atoms with Crippen LogP contribution in [0.1, 0.15) is 18.4 Å². The Labute approximate surface area is 120 Å². The molecule has 1 rings (SSSR count). The Morgan fingerprint density at radius 3 is 2.70 bits per heavy atom. The van der Waals surface area contributed by atoms with E-state index in [1.807, 2.05) is 31.2 Å². The van der Waals surface area contributed by atoms with Crippen LogP contribution in [0.4, 0.5) is 0 Å². The molecule has 1 N–H and O–H groups in total. The van der Waals surface area contributed by atoms with Crippen LogP contribution < -0.4 is 4.74 Å². The van der Waals surface area contributed by atoms with Crippen molar-refractivity contribution < 1.29 is 14.6 Å². The lowest BCUT2D eigenvalue weighted by Gasteiger charge is -2.19. The van der Waals surface area contributed by atoms with Gasteiger partial charge in [0.2, 0.25) is 5.91 Å². The predicted molar refractivity (Wildman–Crippen MR) is 79.8 cm³/mol. The Balaban J connectivity index is 2.26. The molecule has 0 unspecified atom stereocenters. The van der Waals surface area contributed by atoms with Crippen molar-refractivity contribution in [2.24, 2.45) is 0 Å². The van der Waals surface area contributed by atoms with Crippen molar-refractivity contribution in [3.63, 3.8) is 0 Å². The van der Waals surface area contributed by atoms with E-state index >= 15 is 0 Å². The Hall–Kier alpha value is -1.81. The van der Waals surface area contributed by atoms with Gasteiger partial charge < -0.3 is 14.7 Å². The largest absolute Gasteiger partial charge is 0.494 e. The van der Waals surface area contributed by atoms with E-state index in [0.29, 0.717) is 32.5 Å². The number of aliphatic hydroxyl groups is 1. The van der Waals surface area contributed by atoms with Crippen molar-refractivity contribution in [1.29, 1.82) is 0 Å². The van der Waals surface area contributed by atoms with Gasteiger partial charge in [0.25, 0.3) is 0 Å². The van der Waals surface area contributed by atoms with Crippen LogP contribution in [0, 0.1) is 6.92 Å². The molecule has 20 heavy (non-hydrogen) atoms. The maximum absolute atomic E-state index is 11.9. The standard InChI is InChI=1S/C16H23NO3/c1-3-10-17(11-12-18)16(19)5-4-13-20-15-8-6-14(2)7-9-15/h3,6-9,18H,1,4-5,10-13H2,2H3. The van der Waals surface area contributed by atoms with E-state index in [1.165, 1.54) is 5.56 Å². The molecular weight excluding hydrogens is 254 g/mol. The molecule has 0 radical (unpaired) electrons. The van der Waals surface area contributed by atoms with Gasteiger partial charge >= 0.3 is 0 Å². The summed E-state index contributed by atoms with van der Waals surface area (Å²) in [5.41, 5.74) is 1.19. The van der Waals surface area contributed by atoms with Crippen molar-refractivity contribution in [2.75, 3.05) is 26.3 Å². The molecule has 0 heterocycles. The minimum Gasteiger partial charge on any atom is -0.494 e. The van der Waals surface area contributed by atoms with Gasteiger partial charge in [-0.25, -0.2) is 0 Å². The van der Waals surface area contributed by atoms with E-state index in [1.54, 1.807) is 11.0 Å². The number of ether oxygens (including phenoxy) is 1. The second-order valence-corrected chi connectivity index (χ2v) is 4.62. The molecule has 0 aromatic heterocycles. The molecule has 1 amide bonds. The molecule has 0 aliphatic carbocycles. The molecule has 0 aliphatic heterocycles. The van der Waals surface area contributed by atoms with Crippen molar-refractivity contribution >= 4 is 5.91 Å². The summed E-state index contributed by atoms with van der Waals surface area (Å²) < 4.78 is 5.57. The van der Waals surface area contributed by atoms with E-state index < -0.39 is 0 Å². The van der Waals surface area contributed by atoms with E-state index in [-0.39, 0.29) is 12.5 Å². The van der Waals surface area contributed by atoms with Crippen LogP contribution in [0.3, 0.4) is 0 Å². The van der Waals surface area contributed by atoms with Crippen LogP contribution in [-0.2, 0) is 4.79 Å². The Bertz CT molecular complexity index is 414. The number of carbonyl (C=O) groups is 1. The maximum Gasteiger partial charge on any atom is 0.223 e. The second-order valence-electron chi connectivity index (χ2n) is 4.62. The number of amides is 1. The topological polar surface area (TPSA) is 49.8 Å². The third-order valence-electron chi connectivity index (χ3n) is 2.90. The van der Waals surface area contributed by atoms with Crippen molar-refractivity contribution in [3.05, 3.63) is 42.5 Å². The lowest BCUT2D eigenvalue weighted by atomic mass is 10.2. The van der Waals surface area contributed by atoms with Crippen molar-refractivity contribution in [1.82, 2.24) is 4.90 Å². The predicted octanol–water partition coefficient (Wildman–Crippen LogP) is 2.16. The van der Waals surface area contributed by atoms with Gasteiger partial charge in [-0.05, 0) is 25.5 Å². The van der Waals surface area contributed by atoms with E-state index in [9.17, 15) is 4.79 Å². The van der Waals surface area contributed by atoms with E-state index in [2.05, 4.69) is 6.58 Å². The molecule has 1 aromatic carbocycles. The molecule has 1 aromatic rings. The van der Waals surface area contributed by atoms with Crippen LogP contribution in [0.15, 0.2) is 36.9 Å². The Morgan fingerprint density at radius 1 is 1.40 bits per heavy atom. The summed E-state index contributed by atoms with van der Waals surface area (Å²) in [4.78, 5) is 13.5. The monoisotopic (exact) mass is 277 g/mol. The quantitative estimate of drug-likeness (QED) is 0.556. The summed E-state index contributed by atoms with van der Waals surface area (Å²) >= 11 is 0. The summed E-state index contributed by atoms with van der Waals surface area (Å²) in [5, 5.41) is 8.90. The molecule has 0 spiro atoms. The van der Waals surface area contributed by atoms with Gasteiger partial charge in [-0.15, -0.1) is 6.58 Å². The minimum atomic E-state index is -0.0283. The number of carbonyl (C=O) groups excluding carboxylic acids is 1. The highest BCUT2D eigenvalue weighted by Crippen LogP contribution is 2.12. The van der Waals surface area contributed by atoms with Crippen molar-refractivity contribution in [3.8, 4) is 5.75 Å². The molecule has 0 saturated heterocycles. The van der Waals surface area contributed by atoms with Crippen LogP contribution in [0.2, 0.25) is 0 Å². The van der Waals surface area contributed by atoms with E-state index in [0.717, 1.165) is 5.75 Å². The van der Waals surface area contributed by atoms with Crippen molar-refractivity contribution in [2.45, 2.75) is 19.8 Å². The molecule has 110 valence electrons. The average molecular weight is 277 g/mol. The number of aliphatic hydroxyl groups excluding tert-OH is 1. The first-order chi connectivity index (χ1) is 9.67. The average Bonchev–Trinajstić information content (AvgIpc) is 2.45. The zero-order valence-electron chi connectivity index (χ0n) is 12.0. The fraction of sp³-hybridized carbons (Fsp3) is 0.438. The first-order valence-electron chi connectivity index (χ1n) is 6.86. The minimum absolute atomic E-state index is 0.0199.